The fourth-order valence-electron chi connectivity index (χ4n) is 1.46. The molecule has 0 spiro atoms. The number of fused-ring (bicyclic) bond motifs is 1. The third-order valence-corrected chi connectivity index (χ3v) is 2.48. The lowest BCUT2D eigenvalue weighted by atomic mass is 10.1. The zero-order chi connectivity index (χ0) is 11.5. The van der Waals surface area contributed by atoms with Crippen LogP contribution in [0.2, 0.25) is 0 Å². The van der Waals surface area contributed by atoms with Crippen LogP contribution >= 0.6 is 24.8 Å². The van der Waals surface area contributed by atoms with Crippen LogP contribution in [0.4, 0.5) is 0 Å². The van der Waals surface area contributed by atoms with Crippen molar-refractivity contribution < 1.29 is 14.3 Å². The average Bonchev–Trinajstić information content (AvgIpc) is 2.27. The number of ketones is 1. The predicted octanol–water partition coefficient (Wildman–Crippen LogP) is 2.29. The van der Waals surface area contributed by atoms with Gasteiger partial charge < -0.3 is 9.47 Å². The van der Waals surface area contributed by atoms with Crippen molar-refractivity contribution >= 4 is 34.8 Å². The molecule has 1 aliphatic rings. The number of rotatable bonds is 3. The molecule has 0 bridgehead atoms. The van der Waals surface area contributed by atoms with Crippen molar-refractivity contribution in [1.82, 2.24) is 0 Å². The highest BCUT2D eigenvalue weighted by molar-refractivity contribution is 8.11. The minimum Gasteiger partial charge on any atom is -0.486 e. The van der Waals surface area contributed by atoms with Gasteiger partial charge in [0.2, 0.25) is 0 Å². The molecule has 0 radical (unpaired) electrons. The molecule has 1 aromatic carbocycles. The normalized spacial score (nSPS) is 13.3. The maximum atomic E-state index is 11.7. The summed E-state index contributed by atoms with van der Waals surface area (Å²) in [5, 5.41) is 0. The van der Waals surface area contributed by atoms with E-state index < -0.39 is 0 Å². The van der Waals surface area contributed by atoms with Crippen LogP contribution in [-0.4, -0.2) is 23.2 Å². The second kappa shape index (κ2) is 4.84. The van der Waals surface area contributed by atoms with Gasteiger partial charge in [0, 0.05) is 5.56 Å². The Kier molecular flexibility index (Phi) is 3.46. The van der Waals surface area contributed by atoms with Gasteiger partial charge in [-0.05, 0) is 18.2 Å². The van der Waals surface area contributed by atoms with Gasteiger partial charge in [0.1, 0.15) is 13.2 Å². The molecule has 1 aromatic rings. The van der Waals surface area contributed by atoms with Crippen LogP contribution in [0.15, 0.2) is 18.2 Å². The van der Waals surface area contributed by atoms with E-state index in [0.717, 1.165) is 0 Å². The minimum absolute atomic E-state index is 0.0584. The van der Waals surface area contributed by atoms with Crippen LogP contribution in [0.3, 0.4) is 0 Å². The lowest BCUT2D eigenvalue weighted by Gasteiger charge is -2.18. The van der Waals surface area contributed by atoms with Crippen LogP contribution in [-0.2, 0) is 0 Å². The smallest absolute Gasteiger partial charge is 0.168 e. The van der Waals surface area contributed by atoms with Crippen LogP contribution in [0.1, 0.15) is 16.8 Å². The fourth-order valence-corrected chi connectivity index (χ4v) is 1.73. The molecule has 0 amide bonds. The van der Waals surface area contributed by atoms with Crippen molar-refractivity contribution in [2.24, 2.45) is 0 Å². The predicted molar refractivity (Wildman–Crippen MR) is 68.0 cm³/mol. The Morgan fingerprint density at radius 1 is 1.31 bits per heavy atom. The first kappa shape index (κ1) is 11.4. The Bertz CT molecular complexity index is 443. The van der Waals surface area contributed by atoms with Gasteiger partial charge >= 0.3 is 0 Å². The van der Waals surface area contributed by atoms with E-state index in [9.17, 15) is 4.79 Å². The van der Waals surface area contributed by atoms with Gasteiger partial charge in [-0.1, -0.05) is 12.2 Å². The van der Waals surface area contributed by atoms with Gasteiger partial charge in [-0.15, -0.1) is 12.6 Å². The first-order valence-electron chi connectivity index (χ1n) is 4.81. The minimum atomic E-state index is -0.0584. The first-order chi connectivity index (χ1) is 7.66. The quantitative estimate of drug-likeness (QED) is 0.510. The van der Waals surface area contributed by atoms with Gasteiger partial charge in [0.15, 0.2) is 17.3 Å². The molecular weight excluding hydrogens is 244 g/mol. The van der Waals surface area contributed by atoms with Crippen LogP contribution in [0.25, 0.3) is 0 Å². The number of benzene rings is 1. The van der Waals surface area contributed by atoms with Crippen LogP contribution in [0, 0.1) is 0 Å². The first-order valence-corrected chi connectivity index (χ1v) is 5.67. The summed E-state index contributed by atoms with van der Waals surface area (Å²) in [5.41, 5.74) is 0.570. The number of thiocarbonyl (C=S) groups is 1. The molecule has 0 saturated heterocycles. The third-order valence-electron chi connectivity index (χ3n) is 2.18. The topological polar surface area (TPSA) is 35.5 Å². The zero-order valence-electron chi connectivity index (χ0n) is 8.43. The number of hydrogen-bond acceptors (Lipinski definition) is 4. The lowest BCUT2D eigenvalue weighted by Crippen LogP contribution is -2.15. The molecular formula is C11H10O3S2. The number of Topliss-reactive ketones (excluding diaryl/α,β-unsaturated/α-hetero) is 1. The highest BCUT2D eigenvalue weighted by Crippen LogP contribution is 2.31. The molecule has 1 aliphatic heterocycles. The molecule has 3 nitrogen and oxygen atoms in total. The summed E-state index contributed by atoms with van der Waals surface area (Å²) in [5.74, 6) is 1.23. The maximum absolute atomic E-state index is 11.7. The summed E-state index contributed by atoms with van der Waals surface area (Å²) in [6.07, 6.45) is 0.165. The molecule has 0 N–H and O–H groups in total. The molecule has 0 aliphatic carbocycles. The van der Waals surface area contributed by atoms with E-state index in [1.165, 1.54) is 0 Å². The second-order valence-electron chi connectivity index (χ2n) is 3.35. The van der Waals surface area contributed by atoms with E-state index in [-0.39, 0.29) is 12.2 Å². The molecule has 0 saturated carbocycles. The van der Waals surface area contributed by atoms with E-state index >= 15 is 0 Å². The SMILES string of the molecule is O=C(CC(=S)S)c1ccc2c(c1)OCCO2. The lowest BCUT2D eigenvalue weighted by molar-refractivity contribution is 0.100. The summed E-state index contributed by atoms with van der Waals surface area (Å²) < 4.78 is 11.1. The van der Waals surface area contributed by atoms with E-state index in [2.05, 4.69) is 12.6 Å². The summed E-state index contributed by atoms with van der Waals surface area (Å²) in [7, 11) is 0. The number of carbonyl (C=O) groups excluding carboxylic acids is 1. The van der Waals surface area contributed by atoms with E-state index in [4.69, 9.17) is 21.7 Å². The Morgan fingerprint density at radius 3 is 2.69 bits per heavy atom. The zero-order valence-corrected chi connectivity index (χ0v) is 10.1. The van der Waals surface area contributed by atoms with Gasteiger partial charge in [0.05, 0.1) is 10.6 Å². The Morgan fingerprint density at radius 2 is 2.00 bits per heavy atom. The maximum Gasteiger partial charge on any atom is 0.168 e. The highest BCUT2D eigenvalue weighted by Gasteiger charge is 2.15. The molecule has 5 heteroatoms. The van der Waals surface area contributed by atoms with Crippen molar-refractivity contribution in [2.45, 2.75) is 6.42 Å². The van der Waals surface area contributed by atoms with Gasteiger partial charge in [-0.3, -0.25) is 4.79 Å². The van der Waals surface area contributed by atoms with Gasteiger partial charge in [-0.25, -0.2) is 0 Å². The molecule has 0 fully saturated rings. The Balaban J connectivity index is 2.23. The molecule has 84 valence electrons. The summed E-state index contributed by atoms with van der Waals surface area (Å²) in [4.78, 5) is 11.7. The average molecular weight is 254 g/mol. The fraction of sp³-hybridized carbons (Fsp3) is 0.273. The van der Waals surface area contributed by atoms with E-state index in [1.807, 2.05) is 0 Å². The van der Waals surface area contributed by atoms with Crippen molar-refractivity contribution in [3.8, 4) is 11.5 Å². The standard InChI is InChI=1S/C11H10O3S2/c12-8(6-11(15)16)7-1-2-9-10(5-7)14-4-3-13-9/h1-2,5H,3-4,6H2,(H,15,16). The number of carbonyl (C=O) groups is 1. The van der Waals surface area contributed by atoms with E-state index in [1.54, 1.807) is 18.2 Å². The molecule has 0 aromatic heterocycles. The molecule has 16 heavy (non-hydrogen) atoms. The number of ether oxygens (including phenoxy) is 2. The van der Waals surface area contributed by atoms with Crippen molar-refractivity contribution in [2.75, 3.05) is 13.2 Å². The second-order valence-corrected chi connectivity index (χ2v) is 4.69. The van der Waals surface area contributed by atoms with Gasteiger partial charge in [0.25, 0.3) is 0 Å². The summed E-state index contributed by atoms with van der Waals surface area (Å²) >= 11 is 8.72. The monoisotopic (exact) mass is 254 g/mol. The number of thiol groups is 1. The molecule has 2 rings (SSSR count). The van der Waals surface area contributed by atoms with Crippen LogP contribution in [0.5, 0.6) is 11.5 Å². The van der Waals surface area contributed by atoms with Gasteiger partial charge in [-0.2, -0.15) is 0 Å². The molecule has 1 heterocycles. The van der Waals surface area contributed by atoms with Crippen molar-refractivity contribution in [3.63, 3.8) is 0 Å². The number of hydrogen-bond donors (Lipinski definition) is 1. The Hall–Kier alpha value is -1.07. The van der Waals surface area contributed by atoms with Crippen molar-refractivity contribution in [3.05, 3.63) is 23.8 Å². The van der Waals surface area contributed by atoms with Crippen LogP contribution < -0.4 is 9.47 Å². The van der Waals surface area contributed by atoms with E-state index in [0.29, 0.717) is 34.5 Å². The Labute approximate surface area is 104 Å². The highest BCUT2D eigenvalue weighted by atomic mass is 32.1. The van der Waals surface area contributed by atoms with Crippen molar-refractivity contribution in [1.29, 1.82) is 0 Å². The largest absolute Gasteiger partial charge is 0.486 e. The summed E-state index contributed by atoms with van der Waals surface area (Å²) in [6, 6.07) is 5.13. The summed E-state index contributed by atoms with van der Waals surface area (Å²) in [6.45, 7) is 1.05. The molecule has 0 atom stereocenters. The molecule has 0 unspecified atom stereocenters. The third kappa shape index (κ3) is 2.54.